The molecule has 7 heterocycles. The molecule has 0 saturated carbocycles. The summed E-state index contributed by atoms with van der Waals surface area (Å²) in [7, 11) is 4.69. The molecule has 7 aromatic rings. The number of ether oxygens (including phenoxy) is 4. The molecule has 0 unspecified atom stereocenters. The number of carbonyl (C=O) groups excluding carboxylic acids is 2. The normalized spacial score (nSPS) is 10.4. The fraction of sp³-hybridized carbons (Fsp3) is 0.328. The highest BCUT2D eigenvalue weighted by Crippen LogP contribution is 2.37. The number of pyridine rings is 7. The summed E-state index contributed by atoms with van der Waals surface area (Å²) < 4.78 is 26.2. The van der Waals surface area contributed by atoms with Crippen LogP contribution >= 0.6 is 104 Å². The Balaban J connectivity index is 0.00000104. The summed E-state index contributed by atoms with van der Waals surface area (Å²) in [6, 6.07) is 11.9. The molecule has 0 aliphatic carbocycles. The topological polar surface area (TPSA) is 211 Å². The van der Waals surface area contributed by atoms with E-state index in [4.69, 9.17) is 138 Å². The van der Waals surface area contributed by atoms with Gasteiger partial charge in [-0.05, 0) is 107 Å². The number of nitrogens with zero attached hydrogens (tertiary/aromatic N) is 7. The van der Waals surface area contributed by atoms with Crippen molar-refractivity contribution in [3.63, 3.8) is 0 Å². The largest absolute Gasteiger partial charge is 0.413 e. The molecule has 90 heavy (non-hydrogen) atoms. The van der Waals surface area contributed by atoms with Crippen LogP contribution in [0.15, 0.2) is 106 Å². The van der Waals surface area contributed by atoms with Crippen LogP contribution in [0.2, 0.25) is 63.6 Å². The molecule has 0 aliphatic heterocycles. The first kappa shape index (κ1) is 85.2. The van der Waals surface area contributed by atoms with Gasteiger partial charge < -0.3 is 33.6 Å². The molecule has 0 aliphatic rings. The van der Waals surface area contributed by atoms with E-state index in [0.717, 1.165) is 40.8 Å². The molecular formula is C64H78Cl9N7O9Si. The predicted octanol–water partition coefficient (Wildman–Crippen LogP) is 18.4. The standard InChI is InChI=1S/C14H22ClNOSi.C11H16ClNO3.C9H10ClNO2.C8H8ClNO.C8H6ClNO.C7H7Cl2N.C6H5Cl2NO.CH4/c1-7-13-12(15)8-11(9-16-13)10-17-18(5,6)14(2,3)4;1-14-5-4-10-9(12)6-8(7-13-10)11(15-2)16-3;1-13-3-2-9-8(10)4-7(6-12)5-11-9;2*1-2-8-7(9)3-6(5-11)4-10-8;1-2-5-3-6(8)7(9)10-4-5;7-5-1-4(3-10)2-9-6(5)8;/h7-9H,1,10H2,2-6H3;6-7,11H,4-5H2,1-3H3;4-6H,2-3H2,1H3;2-4,11H,1,5H2;2-5H,1H2;3-4H,2H2,1H3;1-2,10H,3H2;1H4. The third-order valence-corrected chi connectivity index (χ3v) is 19.6. The first-order chi connectivity index (χ1) is 42.2. The van der Waals surface area contributed by atoms with Gasteiger partial charge >= 0.3 is 0 Å². The number of aromatic nitrogens is 7. The number of halogens is 9. The Labute approximate surface area is 576 Å². The lowest BCUT2D eigenvalue weighted by molar-refractivity contribution is -0.106. The van der Waals surface area contributed by atoms with Crippen molar-refractivity contribution in [2.45, 2.75) is 98.6 Å². The molecule has 0 aromatic carbocycles. The quantitative estimate of drug-likeness (QED) is 0.0314. The Morgan fingerprint density at radius 3 is 1.24 bits per heavy atom. The minimum absolute atomic E-state index is 0. The Morgan fingerprint density at radius 2 is 0.878 bits per heavy atom. The molecule has 490 valence electrons. The zero-order chi connectivity index (χ0) is 67.3. The van der Waals surface area contributed by atoms with Crippen molar-refractivity contribution in [1.82, 2.24) is 34.9 Å². The van der Waals surface area contributed by atoms with E-state index in [1.54, 1.807) is 95.7 Å². The second-order valence-corrected chi connectivity index (χ2v) is 27.9. The monoisotopic (exact) mass is 1430 g/mol. The van der Waals surface area contributed by atoms with Gasteiger partial charge in [-0.25, -0.2) is 9.97 Å². The van der Waals surface area contributed by atoms with Gasteiger partial charge in [-0.15, -0.1) is 0 Å². The maximum Gasteiger partial charge on any atom is 0.192 e. The van der Waals surface area contributed by atoms with Crippen molar-refractivity contribution in [2.75, 3.05) is 41.7 Å². The zero-order valence-corrected chi connectivity index (χ0v) is 58.9. The predicted molar refractivity (Wildman–Crippen MR) is 374 cm³/mol. The minimum atomic E-state index is -1.72. The molecule has 7 rings (SSSR count). The average molecular weight is 1440 g/mol. The number of aliphatic hydroxyl groups excluding tert-OH is 2. The van der Waals surface area contributed by atoms with E-state index in [1.807, 2.05) is 19.1 Å². The summed E-state index contributed by atoms with van der Waals surface area (Å²) >= 11 is 51.9. The van der Waals surface area contributed by atoms with E-state index in [-0.39, 0.29) is 30.8 Å². The highest BCUT2D eigenvalue weighted by molar-refractivity contribution is 6.74. The van der Waals surface area contributed by atoms with Crippen LogP contribution in [0.4, 0.5) is 0 Å². The van der Waals surface area contributed by atoms with Crippen molar-refractivity contribution in [1.29, 1.82) is 0 Å². The van der Waals surface area contributed by atoms with Gasteiger partial charge in [0.05, 0.1) is 96.7 Å². The number of carbonyl (C=O) groups is 2. The van der Waals surface area contributed by atoms with Gasteiger partial charge in [0.15, 0.2) is 27.2 Å². The molecule has 0 spiro atoms. The lowest BCUT2D eigenvalue weighted by atomic mass is 10.2. The van der Waals surface area contributed by atoms with Crippen molar-refractivity contribution >= 4 is 144 Å². The molecule has 7 aromatic heterocycles. The van der Waals surface area contributed by atoms with Crippen molar-refractivity contribution < 1.29 is 43.2 Å². The van der Waals surface area contributed by atoms with E-state index in [9.17, 15) is 9.59 Å². The van der Waals surface area contributed by atoms with Gasteiger partial charge in [0.2, 0.25) is 0 Å². The van der Waals surface area contributed by atoms with Crippen molar-refractivity contribution in [3.05, 3.63) is 218 Å². The molecule has 16 nitrogen and oxygen atoms in total. The molecule has 0 amide bonds. The maximum absolute atomic E-state index is 10.4. The van der Waals surface area contributed by atoms with E-state index in [1.165, 1.54) is 24.7 Å². The lowest BCUT2D eigenvalue weighted by Crippen LogP contribution is -2.40. The SMILES string of the molecule is C.C=Cc1ncc(C=O)cc1Cl.C=Cc1ncc(CO)cc1Cl.C=Cc1ncc(CO[Si](C)(C)C(C)(C)C)cc1Cl.CCc1cnc(Cl)c(Cl)c1.COCCc1ncc(C(OC)OC)cc1Cl.COCCc1ncc(C=O)cc1Cl.OCc1cnc(Cl)c(Cl)c1. The van der Waals surface area contributed by atoms with Gasteiger partial charge in [0.1, 0.15) is 10.3 Å². The van der Waals surface area contributed by atoms with Crippen molar-refractivity contribution in [3.8, 4) is 0 Å². The zero-order valence-electron chi connectivity index (χ0n) is 51.1. The van der Waals surface area contributed by atoms with Crippen LogP contribution in [-0.4, -0.2) is 108 Å². The van der Waals surface area contributed by atoms with Crippen LogP contribution < -0.4 is 0 Å². The van der Waals surface area contributed by atoms with Gasteiger partial charge in [0, 0.05) is 101 Å². The third-order valence-electron chi connectivity index (χ3n) is 12.1. The number of aldehydes is 2. The van der Waals surface area contributed by atoms with E-state index < -0.39 is 14.6 Å². The summed E-state index contributed by atoms with van der Waals surface area (Å²) in [6.45, 7) is 25.6. The van der Waals surface area contributed by atoms with Crippen LogP contribution in [-0.2, 0) is 62.5 Å². The number of methoxy groups -OCH3 is 4. The maximum atomic E-state index is 10.4. The van der Waals surface area contributed by atoms with Crippen LogP contribution in [0, 0.1) is 0 Å². The number of aliphatic hydroxyl groups is 2. The Kier molecular flexibility index (Phi) is 43.8. The summed E-state index contributed by atoms with van der Waals surface area (Å²) in [5.74, 6) is 0. The fourth-order valence-corrected chi connectivity index (χ4v) is 8.96. The highest BCUT2D eigenvalue weighted by Gasteiger charge is 2.37. The van der Waals surface area contributed by atoms with E-state index >= 15 is 0 Å². The van der Waals surface area contributed by atoms with Crippen LogP contribution in [0.3, 0.4) is 0 Å². The minimum Gasteiger partial charge on any atom is -0.413 e. The smallest absolute Gasteiger partial charge is 0.192 e. The number of hydrogen-bond acceptors (Lipinski definition) is 16. The van der Waals surface area contributed by atoms with E-state index in [2.05, 4.69) is 88.5 Å². The molecule has 0 fully saturated rings. The second kappa shape index (κ2) is 46.3. The first-order valence-electron chi connectivity index (χ1n) is 26.7. The summed E-state index contributed by atoms with van der Waals surface area (Å²) in [5.41, 5.74) is 8.78. The van der Waals surface area contributed by atoms with Crippen LogP contribution in [0.1, 0.15) is 118 Å². The third kappa shape index (κ3) is 31.7. The molecule has 2 N–H and O–H groups in total. The van der Waals surface area contributed by atoms with Crippen molar-refractivity contribution in [2.24, 2.45) is 0 Å². The van der Waals surface area contributed by atoms with Crippen LogP contribution in [0.5, 0.6) is 0 Å². The first-order valence-corrected chi connectivity index (χ1v) is 33.0. The van der Waals surface area contributed by atoms with Gasteiger partial charge in [-0.2, -0.15) is 0 Å². The molecule has 0 saturated heterocycles. The van der Waals surface area contributed by atoms with E-state index in [0.29, 0.717) is 119 Å². The number of hydrogen-bond donors (Lipinski definition) is 2. The Hall–Kier alpha value is -4.84. The molecule has 26 heteroatoms. The molecule has 0 atom stereocenters. The van der Waals surface area contributed by atoms with Gasteiger partial charge in [-0.3, -0.25) is 34.5 Å². The summed E-state index contributed by atoms with van der Waals surface area (Å²) in [6.07, 6.45) is 19.3. The summed E-state index contributed by atoms with van der Waals surface area (Å²) in [5, 5.41) is 21.8. The number of rotatable bonds is 20. The van der Waals surface area contributed by atoms with Gasteiger partial charge in [-0.1, -0.05) is 159 Å². The highest BCUT2D eigenvalue weighted by atomic mass is 35.5. The summed E-state index contributed by atoms with van der Waals surface area (Å²) in [4.78, 5) is 48.6. The molecule has 0 bridgehead atoms. The Bertz CT molecular complexity index is 3270. The number of aryl methyl sites for hydroxylation is 1. The molecular weight excluding hydrogens is 1360 g/mol. The Morgan fingerprint density at radius 1 is 0.511 bits per heavy atom. The second-order valence-electron chi connectivity index (χ2n) is 19.5. The van der Waals surface area contributed by atoms with Gasteiger partial charge in [0.25, 0.3) is 0 Å². The van der Waals surface area contributed by atoms with Crippen LogP contribution in [0.25, 0.3) is 18.2 Å². The lowest BCUT2D eigenvalue weighted by Gasteiger charge is -2.36. The molecule has 0 radical (unpaired) electrons. The fourth-order valence-electron chi connectivity index (χ4n) is 6.09. The average Bonchev–Trinajstić information content (AvgIpc) is 1.80.